The van der Waals surface area contributed by atoms with Gasteiger partial charge in [-0.05, 0) is 80.1 Å². The van der Waals surface area contributed by atoms with Crippen LogP contribution in [0.4, 0.5) is 11.4 Å². The van der Waals surface area contributed by atoms with Crippen LogP contribution in [0.15, 0.2) is 91.3 Å². The average Bonchev–Trinajstić information content (AvgIpc) is 3.80. The van der Waals surface area contributed by atoms with Crippen molar-refractivity contribution in [2.45, 2.75) is 57.7 Å². The monoisotopic (exact) mass is 808 g/mol. The van der Waals surface area contributed by atoms with E-state index in [-0.39, 0.29) is 23.9 Å². The van der Waals surface area contributed by atoms with Crippen molar-refractivity contribution in [3.63, 3.8) is 0 Å². The van der Waals surface area contributed by atoms with Crippen molar-refractivity contribution in [2.24, 2.45) is 0 Å². The van der Waals surface area contributed by atoms with Crippen molar-refractivity contribution >= 4 is 68.9 Å². The normalized spacial score (nSPS) is 15.8. The first kappa shape index (κ1) is 38.1. The van der Waals surface area contributed by atoms with E-state index in [0.29, 0.717) is 56.3 Å². The number of hydrogen-bond donors (Lipinski definition) is 2. The molecule has 1 atom stereocenters. The first-order chi connectivity index (χ1) is 27.2. The smallest absolute Gasteiger partial charge is 0.272 e. The van der Waals surface area contributed by atoms with Gasteiger partial charge in [0.1, 0.15) is 5.69 Å². The Labute approximate surface area is 341 Å². The maximum atomic E-state index is 14.9. The minimum absolute atomic E-state index is 0.236. The number of amides is 2. The van der Waals surface area contributed by atoms with Crippen molar-refractivity contribution < 1.29 is 14.3 Å². The van der Waals surface area contributed by atoms with Crippen molar-refractivity contribution in [2.75, 3.05) is 37.0 Å². The maximum Gasteiger partial charge on any atom is 0.272 e. The number of carbonyl (C=O) groups excluding carboxylic acids is 2. The number of fused-ring (bicyclic) bond motifs is 1. The van der Waals surface area contributed by atoms with Crippen molar-refractivity contribution in [3.05, 3.63) is 123 Å². The molecule has 0 aliphatic carbocycles. The Morgan fingerprint density at radius 2 is 1.71 bits per heavy atom. The highest BCUT2D eigenvalue weighted by molar-refractivity contribution is 6.35. The molecule has 1 unspecified atom stereocenters. The van der Waals surface area contributed by atoms with Crippen molar-refractivity contribution in [1.29, 1.82) is 0 Å². The lowest BCUT2D eigenvalue weighted by molar-refractivity contribution is -0.136. The van der Waals surface area contributed by atoms with Crippen molar-refractivity contribution in [1.82, 2.24) is 19.4 Å². The number of piperidine rings is 2. The molecule has 0 spiro atoms. The lowest BCUT2D eigenvalue weighted by atomic mass is 9.98. The number of H-pyrrole nitrogens is 1. The van der Waals surface area contributed by atoms with Gasteiger partial charge in [0.05, 0.1) is 41.7 Å². The van der Waals surface area contributed by atoms with E-state index in [1.54, 1.807) is 19.5 Å². The van der Waals surface area contributed by atoms with Gasteiger partial charge in [0.15, 0.2) is 0 Å². The molecule has 2 fully saturated rings. The Morgan fingerprint density at radius 1 is 0.946 bits per heavy atom. The molecule has 0 saturated carbocycles. The number of methoxy groups -OCH3 is 1. The van der Waals surface area contributed by atoms with Gasteiger partial charge < -0.3 is 29.4 Å². The summed E-state index contributed by atoms with van der Waals surface area (Å²) in [5.41, 5.74) is 7.50. The SMILES string of the molecule is COCc1ccc(N2CCC(N3CCCCC3=O)CC2)c(NC(=O)c2[nH]c3cc(Cl)ccc3c2-c2c(-c3ccccc3)ncn2C(C)c2ccc(Cl)cc2Cl)c1. The first-order valence-electron chi connectivity index (χ1n) is 19.1. The minimum Gasteiger partial charge on any atom is -0.380 e. The van der Waals surface area contributed by atoms with Crippen LogP contribution in [0, 0.1) is 0 Å². The molecular weight excluding hydrogens is 767 g/mol. The van der Waals surface area contributed by atoms with Crippen molar-refractivity contribution in [3.8, 4) is 22.5 Å². The standard InChI is InChI=1S/C44H43Cl3N6O3/c1-27(33-14-12-30(45)23-35(33)47)53-26-48-41(29-8-4-3-5-9-29)43(53)40-34-15-13-31(46)24-36(34)49-42(40)44(55)50-37-22-28(25-56-2)11-16-38(37)51-20-17-32(18-21-51)52-19-7-6-10-39(52)54/h3-5,8-9,11-16,22-24,26-27,32,49H,6-7,10,17-21,25H2,1-2H3,(H,50,55). The number of aromatic amines is 1. The third-order valence-corrected chi connectivity index (χ3v) is 11.9. The van der Waals surface area contributed by atoms with E-state index in [2.05, 4.69) is 37.7 Å². The molecule has 288 valence electrons. The highest BCUT2D eigenvalue weighted by atomic mass is 35.5. The van der Waals surface area contributed by atoms with Gasteiger partial charge in [-0.25, -0.2) is 4.98 Å². The van der Waals surface area contributed by atoms with Crippen LogP contribution in [0.3, 0.4) is 0 Å². The number of rotatable bonds is 10. The lowest BCUT2D eigenvalue weighted by Gasteiger charge is -2.41. The quantitative estimate of drug-likeness (QED) is 0.144. The molecule has 0 radical (unpaired) electrons. The Bertz CT molecular complexity index is 2400. The summed E-state index contributed by atoms with van der Waals surface area (Å²) >= 11 is 19.7. The van der Waals surface area contributed by atoms with Gasteiger partial charge in [0.2, 0.25) is 5.91 Å². The van der Waals surface area contributed by atoms with E-state index in [9.17, 15) is 9.59 Å². The minimum atomic E-state index is -0.319. The second-order valence-electron chi connectivity index (χ2n) is 14.6. The zero-order chi connectivity index (χ0) is 38.9. The molecule has 2 aliphatic heterocycles. The largest absolute Gasteiger partial charge is 0.380 e. The van der Waals surface area contributed by atoms with Crippen LogP contribution in [0.2, 0.25) is 15.1 Å². The fourth-order valence-electron chi connectivity index (χ4n) is 8.32. The highest BCUT2D eigenvalue weighted by Gasteiger charge is 2.32. The van der Waals surface area contributed by atoms with Crippen LogP contribution in [0.5, 0.6) is 0 Å². The van der Waals surface area contributed by atoms with Gasteiger partial charge in [-0.1, -0.05) is 83.3 Å². The zero-order valence-electron chi connectivity index (χ0n) is 31.3. The number of hydrogen-bond acceptors (Lipinski definition) is 5. The molecule has 56 heavy (non-hydrogen) atoms. The summed E-state index contributed by atoms with van der Waals surface area (Å²) in [5.74, 6) is -0.0507. The van der Waals surface area contributed by atoms with Gasteiger partial charge in [0, 0.05) is 76.3 Å². The van der Waals surface area contributed by atoms with Gasteiger partial charge in [-0.3, -0.25) is 9.59 Å². The predicted octanol–water partition coefficient (Wildman–Crippen LogP) is 10.6. The molecule has 12 heteroatoms. The summed E-state index contributed by atoms with van der Waals surface area (Å²) in [6.45, 7) is 4.82. The highest BCUT2D eigenvalue weighted by Crippen LogP contribution is 2.43. The topological polar surface area (TPSA) is 95.5 Å². The van der Waals surface area contributed by atoms with Gasteiger partial charge in [-0.15, -0.1) is 0 Å². The maximum absolute atomic E-state index is 14.9. The van der Waals surface area contributed by atoms with Crippen LogP contribution in [-0.4, -0.2) is 64.0 Å². The average molecular weight is 810 g/mol. The first-order valence-corrected chi connectivity index (χ1v) is 20.2. The zero-order valence-corrected chi connectivity index (χ0v) is 33.6. The van der Waals surface area contributed by atoms with E-state index < -0.39 is 0 Å². The second kappa shape index (κ2) is 16.4. The number of nitrogens with zero attached hydrogens (tertiary/aromatic N) is 4. The molecule has 8 rings (SSSR count). The molecule has 2 aliphatic rings. The fraction of sp³-hybridized carbons (Fsp3) is 0.295. The summed E-state index contributed by atoms with van der Waals surface area (Å²) in [7, 11) is 1.66. The number of anilines is 2. The summed E-state index contributed by atoms with van der Waals surface area (Å²) in [4.78, 5) is 40.5. The number of halogens is 3. The van der Waals surface area contributed by atoms with Gasteiger partial charge in [-0.2, -0.15) is 0 Å². The number of carbonyl (C=O) groups is 2. The molecule has 9 nitrogen and oxygen atoms in total. The molecule has 2 saturated heterocycles. The number of nitrogens with one attached hydrogen (secondary N) is 2. The molecule has 2 amide bonds. The number of imidazole rings is 1. The molecule has 0 bridgehead atoms. The van der Waals surface area contributed by atoms with Crippen LogP contribution in [-0.2, 0) is 16.1 Å². The van der Waals surface area contributed by atoms with Gasteiger partial charge >= 0.3 is 0 Å². The number of likely N-dealkylation sites (tertiary alicyclic amines) is 1. The van der Waals surface area contributed by atoms with E-state index in [1.165, 1.54) is 0 Å². The molecule has 4 heterocycles. The Hall–Kier alpha value is -4.80. The summed E-state index contributed by atoms with van der Waals surface area (Å²) in [6.07, 6.45) is 6.22. The summed E-state index contributed by atoms with van der Waals surface area (Å²) in [6, 6.07) is 27.1. The second-order valence-corrected chi connectivity index (χ2v) is 15.9. The van der Waals surface area contributed by atoms with Crippen LogP contribution < -0.4 is 10.2 Å². The number of aromatic nitrogens is 3. The van der Waals surface area contributed by atoms with Crippen LogP contribution in [0.1, 0.15) is 66.7 Å². The van der Waals surface area contributed by atoms with E-state index in [1.807, 2.05) is 72.8 Å². The Kier molecular flexibility index (Phi) is 11.1. The Morgan fingerprint density at radius 3 is 2.46 bits per heavy atom. The fourth-order valence-corrected chi connectivity index (χ4v) is 9.06. The lowest BCUT2D eigenvalue weighted by Crippen LogP contribution is -2.49. The number of benzene rings is 4. The third kappa shape index (κ3) is 7.53. The van der Waals surface area contributed by atoms with E-state index in [4.69, 9.17) is 44.5 Å². The molecule has 2 N–H and O–H groups in total. The van der Waals surface area contributed by atoms with E-state index >= 15 is 0 Å². The Balaban J connectivity index is 1.21. The van der Waals surface area contributed by atoms with E-state index in [0.717, 1.165) is 78.8 Å². The van der Waals surface area contributed by atoms with Crippen LogP contribution in [0.25, 0.3) is 33.4 Å². The predicted molar refractivity (Wildman–Crippen MR) is 226 cm³/mol. The van der Waals surface area contributed by atoms with Gasteiger partial charge in [0.25, 0.3) is 5.91 Å². The third-order valence-electron chi connectivity index (χ3n) is 11.1. The molecule has 6 aromatic rings. The summed E-state index contributed by atoms with van der Waals surface area (Å²) < 4.78 is 7.56. The number of ether oxygens (including phenoxy) is 1. The van der Waals surface area contributed by atoms with Crippen LogP contribution >= 0.6 is 34.8 Å². The molecule has 2 aromatic heterocycles. The molecule has 4 aromatic carbocycles. The summed E-state index contributed by atoms with van der Waals surface area (Å²) in [5, 5.41) is 5.74. The molecular formula is C44H43Cl3N6O3.